The molecule has 0 radical (unpaired) electrons. The van der Waals surface area contributed by atoms with Gasteiger partial charge in [-0.3, -0.25) is 9.89 Å². The Bertz CT molecular complexity index is 821. The van der Waals surface area contributed by atoms with E-state index in [0.29, 0.717) is 23.3 Å². The minimum Gasteiger partial charge on any atom is -0.379 e. The summed E-state index contributed by atoms with van der Waals surface area (Å²) >= 11 is 12.2. The predicted octanol–water partition coefficient (Wildman–Crippen LogP) is 3.65. The number of guanidine groups is 1. The average molecular weight is 552 g/mol. The summed E-state index contributed by atoms with van der Waals surface area (Å²) in [5.74, 6) is 0.729. The van der Waals surface area contributed by atoms with E-state index < -0.39 is 0 Å². The quantitative estimate of drug-likeness (QED) is 0.327. The lowest BCUT2D eigenvalue weighted by molar-refractivity contribution is 0.0342. The van der Waals surface area contributed by atoms with Crippen LogP contribution in [0.4, 0.5) is 0 Å². The number of aliphatic imine (C=N–C) groups is 1. The average Bonchev–Trinajstić information content (AvgIpc) is 2.96. The van der Waals surface area contributed by atoms with Gasteiger partial charge in [-0.05, 0) is 17.2 Å². The minimum absolute atomic E-state index is 0. The summed E-state index contributed by atoms with van der Waals surface area (Å²) in [4.78, 5) is 6.71. The molecule has 2 heterocycles. The Hall–Kier alpha value is -1.000. The summed E-state index contributed by atoms with van der Waals surface area (Å²) in [5, 5.41) is 7.75. The van der Waals surface area contributed by atoms with Crippen LogP contribution in [0.3, 0.4) is 0 Å². The zero-order chi connectivity index (χ0) is 19.9. The normalized spacial score (nSPS) is 15.1. The van der Waals surface area contributed by atoms with Crippen LogP contribution in [0.1, 0.15) is 16.8 Å². The molecule has 6 nitrogen and oxygen atoms in total. The second-order valence-corrected chi connectivity index (χ2v) is 7.59. The summed E-state index contributed by atoms with van der Waals surface area (Å²) in [7, 11) is 3.65. The standard InChI is InChI=1S/C20H27Cl2N5O.HI/c1-23-20(25-13-17-11-18(21)19(22)26(17)2)24-12-15-4-3-5-16(10-15)14-27-6-8-28-9-7-27;/h3-5,10-11H,6-9,12-14H2,1-2H3,(H2,23,24,25);1H. The van der Waals surface area contributed by atoms with Crippen LogP contribution >= 0.6 is 47.2 Å². The molecule has 2 aromatic rings. The first-order valence-corrected chi connectivity index (χ1v) is 10.1. The van der Waals surface area contributed by atoms with Crippen molar-refractivity contribution in [2.24, 2.45) is 12.0 Å². The number of nitrogens with zero attached hydrogens (tertiary/aromatic N) is 3. The van der Waals surface area contributed by atoms with Crippen LogP contribution in [-0.2, 0) is 31.4 Å². The molecule has 0 spiro atoms. The molecule has 0 bridgehead atoms. The molecule has 1 aliphatic heterocycles. The molecule has 1 fully saturated rings. The first-order valence-electron chi connectivity index (χ1n) is 9.39. The van der Waals surface area contributed by atoms with E-state index in [2.05, 4.69) is 44.8 Å². The van der Waals surface area contributed by atoms with Crippen molar-refractivity contribution in [3.63, 3.8) is 0 Å². The molecule has 0 saturated carbocycles. The molecule has 0 atom stereocenters. The molecule has 9 heteroatoms. The van der Waals surface area contributed by atoms with Crippen LogP contribution in [0, 0.1) is 0 Å². The molecular weight excluding hydrogens is 524 g/mol. The fourth-order valence-corrected chi connectivity index (χ4v) is 3.61. The number of rotatable bonds is 6. The van der Waals surface area contributed by atoms with Gasteiger partial charge in [-0.2, -0.15) is 0 Å². The van der Waals surface area contributed by atoms with E-state index in [9.17, 15) is 0 Å². The van der Waals surface area contributed by atoms with Gasteiger partial charge >= 0.3 is 0 Å². The number of benzene rings is 1. The summed E-state index contributed by atoms with van der Waals surface area (Å²) < 4.78 is 7.28. The highest BCUT2D eigenvalue weighted by atomic mass is 127. The van der Waals surface area contributed by atoms with Gasteiger partial charge in [0.2, 0.25) is 0 Å². The maximum atomic E-state index is 6.12. The van der Waals surface area contributed by atoms with Crippen molar-refractivity contribution in [1.29, 1.82) is 0 Å². The Morgan fingerprint density at radius 1 is 1.10 bits per heavy atom. The zero-order valence-corrected chi connectivity index (χ0v) is 20.6. The highest BCUT2D eigenvalue weighted by Gasteiger charge is 2.11. The van der Waals surface area contributed by atoms with Crippen molar-refractivity contribution in [1.82, 2.24) is 20.1 Å². The summed E-state index contributed by atoms with van der Waals surface area (Å²) in [6, 6.07) is 10.5. The number of hydrogen-bond donors (Lipinski definition) is 2. The van der Waals surface area contributed by atoms with Gasteiger partial charge in [0.1, 0.15) is 5.15 Å². The largest absolute Gasteiger partial charge is 0.379 e. The zero-order valence-electron chi connectivity index (χ0n) is 16.8. The van der Waals surface area contributed by atoms with Crippen molar-refractivity contribution in [3.05, 3.63) is 57.3 Å². The van der Waals surface area contributed by atoms with Crippen LogP contribution in [-0.4, -0.2) is 48.8 Å². The third kappa shape index (κ3) is 7.03. The lowest BCUT2D eigenvalue weighted by atomic mass is 10.1. The van der Waals surface area contributed by atoms with E-state index in [1.807, 2.05) is 17.7 Å². The van der Waals surface area contributed by atoms with Crippen molar-refractivity contribution < 1.29 is 4.74 Å². The van der Waals surface area contributed by atoms with Crippen LogP contribution in [0.25, 0.3) is 0 Å². The van der Waals surface area contributed by atoms with Gasteiger partial charge in [-0.15, -0.1) is 24.0 Å². The minimum atomic E-state index is 0. The molecule has 1 aromatic carbocycles. The Labute approximate surface area is 199 Å². The first-order chi connectivity index (χ1) is 13.6. The van der Waals surface area contributed by atoms with E-state index in [0.717, 1.165) is 44.5 Å². The van der Waals surface area contributed by atoms with Crippen molar-refractivity contribution in [3.8, 4) is 0 Å². The van der Waals surface area contributed by atoms with Crippen molar-refractivity contribution in [2.75, 3.05) is 33.4 Å². The molecule has 1 aliphatic rings. The first kappa shape index (κ1) is 24.3. The molecule has 160 valence electrons. The highest BCUT2D eigenvalue weighted by Crippen LogP contribution is 2.24. The lowest BCUT2D eigenvalue weighted by Crippen LogP contribution is -2.37. The summed E-state index contributed by atoms with van der Waals surface area (Å²) in [5.41, 5.74) is 3.53. The van der Waals surface area contributed by atoms with Gasteiger partial charge in [-0.25, -0.2) is 0 Å². The van der Waals surface area contributed by atoms with Crippen LogP contribution in [0.5, 0.6) is 0 Å². The maximum Gasteiger partial charge on any atom is 0.191 e. The number of nitrogens with one attached hydrogen (secondary N) is 2. The Morgan fingerprint density at radius 3 is 2.45 bits per heavy atom. The summed E-state index contributed by atoms with van der Waals surface area (Å²) in [6.45, 7) is 5.87. The van der Waals surface area contributed by atoms with E-state index in [4.69, 9.17) is 27.9 Å². The van der Waals surface area contributed by atoms with E-state index in [1.54, 1.807) is 7.05 Å². The molecule has 0 aliphatic carbocycles. The highest BCUT2D eigenvalue weighted by molar-refractivity contribution is 14.0. The van der Waals surface area contributed by atoms with E-state index >= 15 is 0 Å². The molecule has 1 saturated heterocycles. The van der Waals surface area contributed by atoms with Gasteiger partial charge in [0.05, 0.1) is 24.8 Å². The lowest BCUT2D eigenvalue weighted by Gasteiger charge is -2.26. The Kier molecular flexibility index (Phi) is 10.0. The molecule has 2 N–H and O–H groups in total. The number of hydrogen-bond acceptors (Lipinski definition) is 3. The fraction of sp³-hybridized carbons (Fsp3) is 0.450. The number of halogens is 3. The van der Waals surface area contributed by atoms with Crippen LogP contribution in [0.2, 0.25) is 10.2 Å². The van der Waals surface area contributed by atoms with Crippen LogP contribution < -0.4 is 10.6 Å². The van der Waals surface area contributed by atoms with Crippen molar-refractivity contribution in [2.45, 2.75) is 19.6 Å². The second kappa shape index (κ2) is 12.0. The third-order valence-corrected chi connectivity index (χ3v) is 5.68. The topological polar surface area (TPSA) is 53.8 Å². The number of morpholine rings is 1. The SMILES string of the molecule is CN=C(NCc1cccc(CN2CCOCC2)c1)NCc1cc(Cl)c(Cl)n1C.I. The smallest absolute Gasteiger partial charge is 0.191 e. The predicted molar refractivity (Wildman–Crippen MR) is 130 cm³/mol. The van der Waals surface area contributed by atoms with Crippen molar-refractivity contribution >= 4 is 53.1 Å². The van der Waals surface area contributed by atoms with E-state index in [1.165, 1.54) is 11.1 Å². The maximum absolute atomic E-state index is 6.12. The molecule has 3 rings (SSSR count). The second-order valence-electron chi connectivity index (χ2n) is 6.82. The number of aromatic nitrogens is 1. The Balaban J connectivity index is 0.00000300. The van der Waals surface area contributed by atoms with Gasteiger partial charge in [-0.1, -0.05) is 47.5 Å². The van der Waals surface area contributed by atoms with E-state index in [-0.39, 0.29) is 24.0 Å². The monoisotopic (exact) mass is 551 g/mol. The molecule has 29 heavy (non-hydrogen) atoms. The molecule has 0 unspecified atom stereocenters. The Morgan fingerprint density at radius 2 is 1.79 bits per heavy atom. The van der Waals surface area contributed by atoms with Gasteiger partial charge in [0, 0.05) is 46.0 Å². The number of ether oxygens (including phenoxy) is 1. The van der Waals surface area contributed by atoms with Gasteiger partial charge < -0.3 is 19.9 Å². The summed E-state index contributed by atoms with van der Waals surface area (Å²) in [6.07, 6.45) is 0. The third-order valence-electron chi connectivity index (χ3n) is 4.84. The van der Waals surface area contributed by atoms with Gasteiger partial charge in [0.15, 0.2) is 5.96 Å². The van der Waals surface area contributed by atoms with Crippen LogP contribution in [0.15, 0.2) is 35.3 Å². The van der Waals surface area contributed by atoms with Gasteiger partial charge in [0.25, 0.3) is 0 Å². The fourth-order valence-electron chi connectivity index (χ4n) is 3.19. The molecule has 1 aromatic heterocycles. The molecular formula is C20H28Cl2IN5O. The molecule has 0 amide bonds.